The summed E-state index contributed by atoms with van der Waals surface area (Å²) in [6.07, 6.45) is 0.739. The van der Waals surface area contributed by atoms with Crippen LogP contribution in [-0.4, -0.2) is 9.36 Å². The van der Waals surface area contributed by atoms with Crippen LogP contribution in [0.1, 0.15) is 12.7 Å². The maximum atomic E-state index is 13.4. The quantitative estimate of drug-likeness (QED) is 0.865. The number of aromatic nitrogens is 2. The molecule has 0 bridgehead atoms. The summed E-state index contributed by atoms with van der Waals surface area (Å²) in [5, 5.41) is 0.359. The fourth-order valence-corrected chi connectivity index (χ4v) is 2.03. The van der Waals surface area contributed by atoms with Gasteiger partial charge in [-0.2, -0.15) is 9.36 Å². The summed E-state index contributed by atoms with van der Waals surface area (Å²) in [7, 11) is 0. The van der Waals surface area contributed by atoms with Gasteiger partial charge < -0.3 is 4.74 Å². The van der Waals surface area contributed by atoms with E-state index in [0.29, 0.717) is 15.5 Å². The summed E-state index contributed by atoms with van der Waals surface area (Å²) in [4.78, 5) is 4.09. The molecule has 0 atom stereocenters. The fourth-order valence-electron chi connectivity index (χ4n) is 1.08. The Morgan fingerprint density at radius 1 is 1.50 bits per heavy atom. The van der Waals surface area contributed by atoms with Gasteiger partial charge in [-0.15, -0.1) is 0 Å². The number of halogens is 2. The predicted octanol–water partition coefficient (Wildman–Crippen LogP) is 3.79. The van der Waals surface area contributed by atoms with Gasteiger partial charge in [-0.05, 0) is 18.2 Å². The first kappa shape index (κ1) is 11.5. The van der Waals surface area contributed by atoms with E-state index in [1.165, 1.54) is 6.07 Å². The van der Waals surface area contributed by atoms with Crippen molar-refractivity contribution >= 4 is 27.5 Å². The van der Waals surface area contributed by atoms with Crippen LogP contribution in [0.15, 0.2) is 22.7 Å². The molecule has 0 N–H and O–H groups in total. The average Bonchev–Trinajstić information content (AvgIpc) is 2.70. The highest BCUT2D eigenvalue weighted by molar-refractivity contribution is 9.10. The van der Waals surface area contributed by atoms with Crippen molar-refractivity contribution in [2.24, 2.45) is 0 Å². The van der Waals surface area contributed by atoms with Crippen LogP contribution in [0.4, 0.5) is 4.39 Å². The molecule has 0 amide bonds. The molecule has 1 heterocycles. The summed E-state index contributed by atoms with van der Waals surface area (Å²) in [6.45, 7) is 1.95. The molecule has 0 fully saturated rings. The molecule has 1 aromatic heterocycles. The van der Waals surface area contributed by atoms with E-state index in [4.69, 9.17) is 4.74 Å². The Labute approximate surface area is 105 Å². The van der Waals surface area contributed by atoms with Gasteiger partial charge in [0.15, 0.2) is 11.6 Å². The van der Waals surface area contributed by atoms with Crippen molar-refractivity contribution in [2.45, 2.75) is 13.3 Å². The van der Waals surface area contributed by atoms with Gasteiger partial charge in [0.25, 0.3) is 5.19 Å². The van der Waals surface area contributed by atoms with E-state index < -0.39 is 5.82 Å². The molecule has 0 radical (unpaired) electrons. The lowest BCUT2D eigenvalue weighted by Gasteiger charge is -2.02. The van der Waals surface area contributed by atoms with Crippen LogP contribution in [0.3, 0.4) is 0 Å². The molecular formula is C10H8BrFN2OS. The predicted molar refractivity (Wildman–Crippen MR) is 63.5 cm³/mol. The second kappa shape index (κ2) is 4.88. The molecule has 0 unspecified atom stereocenters. The van der Waals surface area contributed by atoms with Gasteiger partial charge >= 0.3 is 0 Å². The highest BCUT2D eigenvalue weighted by Crippen LogP contribution is 2.27. The van der Waals surface area contributed by atoms with Crippen LogP contribution < -0.4 is 4.74 Å². The molecule has 2 aromatic rings. The largest absolute Gasteiger partial charge is 0.427 e. The van der Waals surface area contributed by atoms with E-state index in [1.807, 2.05) is 6.92 Å². The summed E-state index contributed by atoms with van der Waals surface area (Å²) < 4.78 is 23.4. The molecular weight excluding hydrogens is 295 g/mol. The molecule has 16 heavy (non-hydrogen) atoms. The van der Waals surface area contributed by atoms with Gasteiger partial charge in [0.2, 0.25) is 0 Å². The van der Waals surface area contributed by atoms with Gasteiger partial charge in [-0.1, -0.05) is 22.9 Å². The number of hydrogen-bond donors (Lipinski definition) is 0. The molecule has 0 aliphatic rings. The highest BCUT2D eigenvalue weighted by Gasteiger charge is 2.09. The zero-order valence-electron chi connectivity index (χ0n) is 8.41. The molecule has 0 saturated heterocycles. The van der Waals surface area contributed by atoms with Crippen molar-refractivity contribution < 1.29 is 9.13 Å². The number of aryl methyl sites for hydroxylation is 1. The average molecular weight is 303 g/mol. The van der Waals surface area contributed by atoms with Gasteiger partial charge in [0, 0.05) is 22.4 Å². The normalized spacial score (nSPS) is 10.4. The third-order valence-corrected chi connectivity index (χ3v) is 2.98. The van der Waals surface area contributed by atoms with Crippen molar-refractivity contribution in [1.82, 2.24) is 9.36 Å². The number of benzene rings is 1. The van der Waals surface area contributed by atoms with Crippen molar-refractivity contribution in [3.8, 4) is 10.9 Å². The van der Waals surface area contributed by atoms with Crippen LogP contribution in [-0.2, 0) is 6.42 Å². The zero-order chi connectivity index (χ0) is 11.5. The number of hydrogen-bond acceptors (Lipinski definition) is 4. The summed E-state index contributed by atoms with van der Waals surface area (Å²) in [5.74, 6) is 0.433. The minimum atomic E-state index is -0.428. The fraction of sp³-hybridized carbons (Fsp3) is 0.200. The monoisotopic (exact) mass is 302 g/mol. The van der Waals surface area contributed by atoms with Gasteiger partial charge in [-0.25, -0.2) is 4.39 Å². The van der Waals surface area contributed by atoms with E-state index in [1.54, 1.807) is 12.1 Å². The Bertz CT molecular complexity index is 503. The third-order valence-electron chi connectivity index (χ3n) is 1.86. The number of ether oxygens (including phenoxy) is 1. The molecule has 0 spiro atoms. The van der Waals surface area contributed by atoms with Crippen molar-refractivity contribution in [1.29, 1.82) is 0 Å². The van der Waals surface area contributed by atoms with Gasteiger partial charge in [0.05, 0.1) is 0 Å². The first-order chi connectivity index (χ1) is 7.69. The van der Waals surface area contributed by atoms with E-state index in [2.05, 4.69) is 25.3 Å². The van der Waals surface area contributed by atoms with Crippen LogP contribution >= 0.6 is 27.5 Å². The molecule has 2 rings (SSSR count). The molecule has 1 aromatic carbocycles. The lowest BCUT2D eigenvalue weighted by Crippen LogP contribution is -1.88. The second-order valence-electron chi connectivity index (χ2n) is 3.01. The molecule has 0 aliphatic carbocycles. The third kappa shape index (κ3) is 2.56. The molecule has 3 nitrogen and oxygen atoms in total. The minimum absolute atomic E-state index is 0.155. The highest BCUT2D eigenvalue weighted by atomic mass is 79.9. The minimum Gasteiger partial charge on any atom is -0.427 e. The van der Waals surface area contributed by atoms with Crippen LogP contribution in [0.5, 0.6) is 10.9 Å². The van der Waals surface area contributed by atoms with Crippen molar-refractivity contribution in [2.75, 3.05) is 0 Å². The maximum absolute atomic E-state index is 13.4. The van der Waals surface area contributed by atoms with Gasteiger partial charge in [-0.3, -0.25) is 0 Å². The Morgan fingerprint density at radius 2 is 2.31 bits per heavy atom. The summed E-state index contributed by atoms with van der Waals surface area (Å²) in [6, 6.07) is 4.60. The van der Waals surface area contributed by atoms with E-state index in [-0.39, 0.29) is 5.75 Å². The smallest absolute Gasteiger partial charge is 0.298 e. The van der Waals surface area contributed by atoms with E-state index in [9.17, 15) is 4.39 Å². The van der Waals surface area contributed by atoms with Gasteiger partial charge in [0.1, 0.15) is 5.82 Å². The Balaban J connectivity index is 2.20. The van der Waals surface area contributed by atoms with Crippen molar-refractivity contribution in [3.05, 3.63) is 34.3 Å². The molecule has 0 aliphatic heterocycles. The summed E-state index contributed by atoms with van der Waals surface area (Å²) in [5.41, 5.74) is 0. The Hall–Kier alpha value is -1.01. The second-order valence-corrected chi connectivity index (χ2v) is 4.64. The topological polar surface area (TPSA) is 35.0 Å². The lowest BCUT2D eigenvalue weighted by atomic mass is 10.3. The first-order valence-electron chi connectivity index (χ1n) is 4.64. The Morgan fingerprint density at radius 3 is 2.94 bits per heavy atom. The van der Waals surface area contributed by atoms with Crippen LogP contribution in [0.2, 0.25) is 0 Å². The standard InChI is InChI=1S/C10H8BrFN2OS/c1-2-9-13-10(16-14-9)15-8-4-3-6(11)5-7(8)12/h3-5H,2H2,1H3. The van der Waals surface area contributed by atoms with E-state index in [0.717, 1.165) is 18.0 Å². The van der Waals surface area contributed by atoms with Crippen LogP contribution in [0, 0.1) is 5.82 Å². The van der Waals surface area contributed by atoms with Crippen LogP contribution in [0.25, 0.3) is 0 Å². The lowest BCUT2D eigenvalue weighted by molar-refractivity contribution is 0.438. The zero-order valence-corrected chi connectivity index (χ0v) is 10.8. The Kier molecular flexibility index (Phi) is 3.50. The van der Waals surface area contributed by atoms with Crippen molar-refractivity contribution in [3.63, 3.8) is 0 Å². The molecule has 84 valence electrons. The molecule has 6 heteroatoms. The number of rotatable bonds is 3. The SMILES string of the molecule is CCc1nsc(Oc2ccc(Br)cc2F)n1. The number of nitrogens with zero attached hydrogens (tertiary/aromatic N) is 2. The maximum Gasteiger partial charge on any atom is 0.298 e. The molecule has 0 saturated carbocycles. The van der Waals surface area contributed by atoms with E-state index >= 15 is 0 Å². The first-order valence-corrected chi connectivity index (χ1v) is 6.21. The summed E-state index contributed by atoms with van der Waals surface area (Å²) >= 11 is 4.30.